The van der Waals surface area contributed by atoms with Crippen LogP contribution in [0.25, 0.3) is 0 Å². The zero-order valence-corrected chi connectivity index (χ0v) is 22.7. The van der Waals surface area contributed by atoms with E-state index in [1.165, 1.54) is 14.1 Å². The number of nitrogens with zero attached hydrogens (tertiary/aromatic N) is 1. The highest BCUT2D eigenvalue weighted by molar-refractivity contribution is 5.84. The van der Waals surface area contributed by atoms with Crippen LogP contribution in [0.5, 0.6) is 0 Å². The maximum atomic E-state index is 13.9. The molecule has 0 aliphatic heterocycles. The van der Waals surface area contributed by atoms with Crippen molar-refractivity contribution in [3.05, 3.63) is 0 Å². The Kier molecular flexibility index (Phi) is 11.7. The van der Waals surface area contributed by atoms with Gasteiger partial charge in [-0.15, -0.1) is 0 Å². The number of nitrogens with one attached hydrogen (secondary N) is 1. The average Bonchev–Trinajstić information content (AvgIpc) is 2.88. The monoisotopic (exact) mass is 798 g/mol. The molecule has 0 rings (SSSR count). The number of hydrogen-bond acceptors (Lipinski definition) is 2. The van der Waals surface area contributed by atoms with Gasteiger partial charge in [0.1, 0.15) is 0 Å². The summed E-state index contributed by atoms with van der Waals surface area (Å²) in [5.74, 6) is -115. The van der Waals surface area contributed by atoms with E-state index in [1.54, 1.807) is 0 Å². The van der Waals surface area contributed by atoms with E-state index >= 15 is 0 Å². The van der Waals surface area contributed by atoms with Crippen LogP contribution in [0.2, 0.25) is 0 Å². The van der Waals surface area contributed by atoms with Crippen molar-refractivity contribution in [3.63, 3.8) is 0 Å². The zero-order chi connectivity index (χ0) is 40.5. The van der Waals surface area contributed by atoms with Crippen LogP contribution in [0.1, 0.15) is 6.42 Å². The van der Waals surface area contributed by atoms with Gasteiger partial charge in [-0.25, -0.2) is 0 Å². The zero-order valence-electron chi connectivity index (χ0n) is 22.7. The lowest BCUT2D eigenvalue weighted by atomic mass is 9.84. The van der Waals surface area contributed by atoms with Crippen molar-refractivity contribution in [2.45, 2.75) is 83.7 Å². The van der Waals surface area contributed by atoms with E-state index in [-0.39, 0.29) is 6.54 Å². The summed E-state index contributed by atoms with van der Waals surface area (Å²) in [6, 6.07) is 0. The maximum absolute atomic E-state index is 13.9. The first kappa shape index (κ1) is 46.5. The summed E-state index contributed by atoms with van der Waals surface area (Å²) < 4.78 is 364. The van der Waals surface area contributed by atoms with E-state index in [1.807, 2.05) is 0 Å². The molecule has 0 saturated heterocycles. The fourth-order valence-corrected chi connectivity index (χ4v) is 3.00. The van der Waals surface area contributed by atoms with E-state index in [0.717, 1.165) is 4.90 Å². The van der Waals surface area contributed by atoms with Gasteiger partial charge in [0.2, 0.25) is 0 Å². The van der Waals surface area contributed by atoms with Gasteiger partial charge in [-0.3, -0.25) is 4.79 Å². The van der Waals surface area contributed by atoms with Crippen molar-refractivity contribution in [1.82, 2.24) is 10.2 Å². The third kappa shape index (κ3) is 6.14. The molecule has 1 N–H and O–H groups in total. The first-order chi connectivity index (χ1) is 20.8. The van der Waals surface area contributed by atoms with Gasteiger partial charge in [-0.05, 0) is 27.1 Å². The van der Waals surface area contributed by atoms with Gasteiger partial charge in [0, 0.05) is 6.54 Å². The molecule has 0 spiro atoms. The molecular weight excluding hydrogens is 785 g/mol. The molecule has 3 nitrogen and oxygen atoms in total. The summed E-state index contributed by atoms with van der Waals surface area (Å²) in [5, 5.41) is 0.616. The van der Waals surface area contributed by atoms with Gasteiger partial charge in [0.15, 0.2) is 0 Å². The molecule has 0 bridgehead atoms. The summed E-state index contributed by atoms with van der Waals surface area (Å²) in [6.45, 7) is -1.56. The molecule has 0 aromatic carbocycles. The topological polar surface area (TPSA) is 32.3 Å². The molecule has 49 heavy (non-hydrogen) atoms. The molecule has 0 aromatic rings. The molecule has 1 amide bonds. The summed E-state index contributed by atoms with van der Waals surface area (Å²) >= 11 is 0. The molecular formula is C19H13F27N2O. The van der Waals surface area contributed by atoms with Crippen LogP contribution in [-0.4, -0.2) is 115 Å². The molecule has 294 valence electrons. The van der Waals surface area contributed by atoms with Gasteiger partial charge in [0.05, 0.1) is 0 Å². The SMILES string of the molecule is CN(C)CCCNC(=O)C(F)(F)C(F)(F)C(F)(F)C(F)(F)C(F)(F)C(F)(F)C(F)(F)C(F)(F)C(F)(F)C(F)(F)C(F)(F)C(F)(F)C(F)(F)F. The minimum atomic E-state index is -9.83. The Hall–Kier alpha value is -2.46. The first-order valence-electron chi connectivity index (χ1n) is 11.4. The van der Waals surface area contributed by atoms with Gasteiger partial charge in [-0.1, -0.05) is 0 Å². The highest BCUT2D eigenvalue weighted by atomic mass is 19.4. The van der Waals surface area contributed by atoms with E-state index in [4.69, 9.17) is 0 Å². The summed E-state index contributed by atoms with van der Waals surface area (Å²) in [5.41, 5.74) is 0. The van der Waals surface area contributed by atoms with Gasteiger partial charge >= 0.3 is 77.2 Å². The first-order valence-corrected chi connectivity index (χ1v) is 11.4. The summed E-state index contributed by atoms with van der Waals surface area (Å²) in [4.78, 5) is 12.4. The maximum Gasteiger partial charge on any atom is 0.460 e. The minimum absolute atomic E-state index is 0.274. The molecule has 0 fully saturated rings. The Morgan fingerprint density at radius 1 is 0.408 bits per heavy atom. The van der Waals surface area contributed by atoms with Crippen LogP contribution < -0.4 is 5.32 Å². The number of amides is 1. The Morgan fingerprint density at radius 2 is 0.633 bits per heavy atom. The Bertz CT molecular complexity index is 1180. The predicted molar refractivity (Wildman–Crippen MR) is 102 cm³/mol. The third-order valence-corrected chi connectivity index (χ3v) is 6.05. The number of carbonyl (C=O) groups is 1. The van der Waals surface area contributed by atoms with Crippen molar-refractivity contribution in [2.75, 3.05) is 27.2 Å². The Morgan fingerprint density at radius 3 is 0.857 bits per heavy atom. The van der Waals surface area contributed by atoms with E-state index in [0.29, 0.717) is 5.32 Å². The van der Waals surface area contributed by atoms with E-state index in [9.17, 15) is 123 Å². The van der Waals surface area contributed by atoms with Crippen LogP contribution in [0, 0.1) is 0 Å². The normalized spacial score (nSPS) is 16.4. The van der Waals surface area contributed by atoms with Gasteiger partial charge in [-0.2, -0.15) is 119 Å². The van der Waals surface area contributed by atoms with Crippen LogP contribution in [0.15, 0.2) is 0 Å². The van der Waals surface area contributed by atoms with E-state index < -0.39 is 96.1 Å². The molecule has 0 aliphatic rings. The number of halogens is 27. The second kappa shape index (κ2) is 12.3. The molecule has 0 aliphatic carbocycles. The van der Waals surface area contributed by atoms with Crippen molar-refractivity contribution in [1.29, 1.82) is 0 Å². The summed E-state index contributed by atoms with van der Waals surface area (Å²) in [7, 11) is 2.44. The highest BCUT2D eigenvalue weighted by Gasteiger charge is 3.00. The fourth-order valence-electron chi connectivity index (χ4n) is 3.00. The number of rotatable bonds is 16. The standard InChI is InChI=1S/C19H13F27N2O/c1-48(2)5-3-4-47-6(49)7(20,21)8(22,23)9(24,25)10(26,27)11(28,29)12(30,31)13(32,33)14(34,35)15(36,37)16(38,39)17(40,41)18(42,43)19(44,45)46/h3-5H2,1-2H3,(H,47,49). The fraction of sp³-hybridized carbons (Fsp3) is 0.947. The number of carbonyl (C=O) groups excluding carboxylic acids is 1. The van der Waals surface area contributed by atoms with Crippen molar-refractivity contribution >= 4 is 5.91 Å². The molecule has 30 heteroatoms. The smallest absolute Gasteiger partial charge is 0.351 e. The lowest BCUT2D eigenvalue weighted by Gasteiger charge is -2.46. The quantitative estimate of drug-likeness (QED) is 0.126. The second-order valence-corrected chi connectivity index (χ2v) is 9.80. The highest BCUT2D eigenvalue weighted by Crippen LogP contribution is 2.68. The second-order valence-electron chi connectivity index (χ2n) is 9.80. The molecule has 0 aromatic heterocycles. The third-order valence-electron chi connectivity index (χ3n) is 6.05. The minimum Gasteiger partial charge on any atom is -0.351 e. The van der Waals surface area contributed by atoms with Crippen molar-refractivity contribution in [2.24, 2.45) is 0 Å². The van der Waals surface area contributed by atoms with Crippen LogP contribution in [0.4, 0.5) is 119 Å². The lowest BCUT2D eigenvalue weighted by Crippen LogP contribution is -2.79. The van der Waals surface area contributed by atoms with Crippen molar-refractivity contribution < 1.29 is 123 Å². The Balaban J connectivity index is 7.24. The van der Waals surface area contributed by atoms with Crippen molar-refractivity contribution in [3.8, 4) is 0 Å². The molecule has 0 unspecified atom stereocenters. The van der Waals surface area contributed by atoms with Gasteiger partial charge < -0.3 is 10.2 Å². The Labute approximate surface area is 251 Å². The van der Waals surface area contributed by atoms with Crippen LogP contribution in [-0.2, 0) is 4.79 Å². The van der Waals surface area contributed by atoms with Crippen LogP contribution >= 0.6 is 0 Å². The largest absolute Gasteiger partial charge is 0.460 e. The molecule has 0 radical (unpaired) electrons. The number of hydrogen-bond donors (Lipinski definition) is 1. The molecule has 0 atom stereocenters. The van der Waals surface area contributed by atoms with Crippen LogP contribution in [0.3, 0.4) is 0 Å². The summed E-state index contributed by atoms with van der Waals surface area (Å²) in [6.07, 6.45) is -8.85. The van der Waals surface area contributed by atoms with E-state index in [2.05, 4.69) is 0 Å². The molecule has 0 heterocycles. The lowest BCUT2D eigenvalue weighted by molar-refractivity contribution is -0.484. The van der Waals surface area contributed by atoms with Gasteiger partial charge in [0.25, 0.3) is 5.91 Å². The number of alkyl halides is 27. The molecule has 0 saturated carbocycles. The predicted octanol–water partition coefficient (Wildman–Crippen LogP) is 8.24. The average molecular weight is 798 g/mol.